The standard InChI is InChI=1S/C18H18N6.C6H13NO2/c19-10-13-3-6-20-14(9-13)24-11-18(4-1-5-18)15-16(23-7-2-8-23)21-12-22-17(15)24;1-6(2,3)9-5(8)7-4/h3,6,9,12H,1-2,4-5,7-8,11H2;1-4H3,(H,7,8). The van der Waals surface area contributed by atoms with E-state index in [1.165, 1.54) is 38.3 Å². The molecule has 3 aliphatic rings. The van der Waals surface area contributed by atoms with E-state index in [4.69, 9.17) is 4.74 Å². The Hall–Kier alpha value is -3.41. The summed E-state index contributed by atoms with van der Waals surface area (Å²) in [6, 6.07) is 5.80. The molecule has 174 valence electrons. The van der Waals surface area contributed by atoms with Gasteiger partial charge in [-0.3, -0.25) is 0 Å². The quantitative estimate of drug-likeness (QED) is 0.740. The van der Waals surface area contributed by atoms with E-state index in [2.05, 4.69) is 36.1 Å². The third-order valence-electron chi connectivity index (χ3n) is 6.27. The van der Waals surface area contributed by atoms with Crippen molar-refractivity contribution in [3.8, 4) is 6.07 Å². The summed E-state index contributed by atoms with van der Waals surface area (Å²) < 4.78 is 4.84. The van der Waals surface area contributed by atoms with Gasteiger partial charge in [-0.1, -0.05) is 6.42 Å². The number of nitrogens with one attached hydrogen (secondary N) is 1. The number of anilines is 3. The molecule has 2 aromatic heterocycles. The van der Waals surface area contributed by atoms with E-state index in [9.17, 15) is 10.1 Å². The van der Waals surface area contributed by atoms with Crippen LogP contribution in [0.1, 0.15) is 57.6 Å². The molecular formula is C24H31N7O2. The van der Waals surface area contributed by atoms with Crippen LogP contribution in [-0.4, -0.2) is 53.3 Å². The summed E-state index contributed by atoms with van der Waals surface area (Å²) in [5.74, 6) is 2.91. The Morgan fingerprint density at radius 1 is 1.18 bits per heavy atom. The third-order valence-corrected chi connectivity index (χ3v) is 6.27. The number of hydrogen-bond donors (Lipinski definition) is 1. The molecule has 1 spiro atoms. The second-order valence-electron chi connectivity index (χ2n) is 9.72. The number of ether oxygens (including phenoxy) is 1. The Kier molecular flexibility index (Phi) is 6.11. The molecule has 2 aliphatic heterocycles. The fourth-order valence-electron chi connectivity index (χ4n) is 4.44. The van der Waals surface area contributed by atoms with E-state index in [-0.39, 0.29) is 17.1 Å². The van der Waals surface area contributed by atoms with E-state index in [1.54, 1.807) is 18.6 Å². The number of nitriles is 1. The van der Waals surface area contributed by atoms with Crippen LogP contribution in [0, 0.1) is 11.3 Å². The number of hydrogen-bond acceptors (Lipinski definition) is 8. The predicted octanol–water partition coefficient (Wildman–Crippen LogP) is 3.67. The molecule has 0 bridgehead atoms. The lowest BCUT2D eigenvalue weighted by atomic mass is 9.66. The van der Waals surface area contributed by atoms with E-state index in [0.717, 1.165) is 37.1 Å². The van der Waals surface area contributed by atoms with Gasteiger partial charge < -0.3 is 19.9 Å². The summed E-state index contributed by atoms with van der Waals surface area (Å²) in [4.78, 5) is 28.8. The molecule has 2 fully saturated rings. The molecule has 9 heteroatoms. The highest BCUT2D eigenvalue weighted by atomic mass is 16.6. The van der Waals surface area contributed by atoms with E-state index in [0.29, 0.717) is 5.56 Å². The summed E-state index contributed by atoms with van der Waals surface area (Å²) in [7, 11) is 1.54. The van der Waals surface area contributed by atoms with E-state index in [1.807, 2.05) is 26.8 Å². The molecular weight excluding hydrogens is 418 g/mol. The highest BCUT2D eigenvalue weighted by Gasteiger charge is 2.51. The lowest BCUT2D eigenvalue weighted by Crippen LogP contribution is -2.42. The molecule has 0 aromatic carbocycles. The minimum Gasteiger partial charge on any atom is -0.444 e. The van der Waals surface area contributed by atoms with Crippen LogP contribution in [0.25, 0.3) is 0 Å². The van der Waals surface area contributed by atoms with Crippen LogP contribution in [0.15, 0.2) is 24.7 Å². The third kappa shape index (κ3) is 4.56. The fraction of sp³-hybridized carbons (Fsp3) is 0.542. The molecule has 1 N–H and O–H groups in total. The monoisotopic (exact) mass is 449 g/mol. The van der Waals surface area contributed by atoms with Crippen LogP contribution in [0.5, 0.6) is 0 Å². The number of alkyl carbamates (subject to hydrolysis) is 1. The van der Waals surface area contributed by atoms with Gasteiger partial charge in [0.2, 0.25) is 0 Å². The molecule has 0 radical (unpaired) electrons. The topological polar surface area (TPSA) is 107 Å². The Bertz CT molecular complexity index is 1070. The van der Waals surface area contributed by atoms with Crippen LogP contribution < -0.4 is 15.1 Å². The number of carbonyl (C=O) groups is 1. The average Bonchev–Trinajstić information content (AvgIpc) is 3.09. The molecule has 33 heavy (non-hydrogen) atoms. The van der Waals surface area contributed by atoms with Crippen molar-refractivity contribution in [3.63, 3.8) is 0 Å². The molecule has 1 aliphatic carbocycles. The maximum Gasteiger partial charge on any atom is 0.407 e. The zero-order valence-electron chi connectivity index (χ0n) is 19.8. The average molecular weight is 450 g/mol. The Morgan fingerprint density at radius 3 is 2.42 bits per heavy atom. The second-order valence-corrected chi connectivity index (χ2v) is 9.72. The molecule has 1 saturated carbocycles. The first kappa shape index (κ1) is 22.8. The van der Waals surface area contributed by atoms with Gasteiger partial charge in [-0.2, -0.15) is 5.26 Å². The smallest absolute Gasteiger partial charge is 0.407 e. The van der Waals surface area contributed by atoms with Gasteiger partial charge in [-0.05, 0) is 52.2 Å². The van der Waals surface area contributed by atoms with Crippen molar-refractivity contribution < 1.29 is 9.53 Å². The molecule has 0 unspecified atom stereocenters. The summed E-state index contributed by atoms with van der Waals surface area (Å²) in [5, 5.41) is 11.5. The molecule has 9 nitrogen and oxygen atoms in total. The van der Waals surface area contributed by atoms with Crippen molar-refractivity contribution in [3.05, 3.63) is 35.8 Å². The van der Waals surface area contributed by atoms with Crippen LogP contribution in [0.4, 0.5) is 22.2 Å². The van der Waals surface area contributed by atoms with Gasteiger partial charge in [-0.15, -0.1) is 0 Å². The zero-order chi connectivity index (χ0) is 23.6. The van der Waals surface area contributed by atoms with Crippen LogP contribution in [0.3, 0.4) is 0 Å². The lowest BCUT2D eigenvalue weighted by molar-refractivity contribution is 0.0541. The van der Waals surface area contributed by atoms with Gasteiger partial charge in [0.05, 0.1) is 11.6 Å². The second kappa shape index (κ2) is 8.85. The van der Waals surface area contributed by atoms with Crippen molar-refractivity contribution in [2.24, 2.45) is 0 Å². The van der Waals surface area contributed by atoms with E-state index < -0.39 is 0 Å². The molecule has 1 saturated heterocycles. The minimum atomic E-state index is -0.389. The Balaban J connectivity index is 0.000000248. The normalized spacial score (nSPS) is 17.7. The van der Waals surface area contributed by atoms with Crippen molar-refractivity contribution in [2.45, 2.75) is 57.5 Å². The Labute approximate surface area is 194 Å². The lowest BCUT2D eigenvalue weighted by Gasteiger charge is -2.42. The summed E-state index contributed by atoms with van der Waals surface area (Å²) in [6.45, 7) is 8.53. The first-order chi connectivity index (χ1) is 15.8. The SMILES string of the molecule is CNC(=O)OC(C)(C)C.N#Cc1ccnc(N2CC3(CCC3)c3c(N4CCC4)ncnc32)c1. The van der Waals surface area contributed by atoms with Gasteiger partial charge >= 0.3 is 6.09 Å². The van der Waals surface area contributed by atoms with Crippen LogP contribution in [0.2, 0.25) is 0 Å². The number of amides is 1. The first-order valence-electron chi connectivity index (χ1n) is 11.4. The van der Waals surface area contributed by atoms with Gasteiger partial charge in [0.25, 0.3) is 0 Å². The molecule has 4 heterocycles. The molecule has 5 rings (SSSR count). The summed E-state index contributed by atoms with van der Waals surface area (Å²) in [5.41, 5.74) is 1.71. The first-order valence-corrected chi connectivity index (χ1v) is 11.4. The maximum atomic E-state index is 10.5. The predicted molar refractivity (Wildman–Crippen MR) is 126 cm³/mol. The number of pyridine rings is 1. The van der Waals surface area contributed by atoms with Crippen molar-refractivity contribution in [1.29, 1.82) is 5.26 Å². The zero-order valence-corrected chi connectivity index (χ0v) is 19.8. The highest BCUT2D eigenvalue weighted by molar-refractivity contribution is 5.75. The van der Waals surface area contributed by atoms with Crippen molar-refractivity contribution in [1.82, 2.24) is 20.3 Å². The number of carbonyl (C=O) groups excluding carboxylic acids is 1. The fourth-order valence-corrected chi connectivity index (χ4v) is 4.44. The molecule has 0 atom stereocenters. The summed E-state index contributed by atoms with van der Waals surface area (Å²) in [6.07, 6.45) is 7.85. The molecule has 2 aromatic rings. The Morgan fingerprint density at radius 2 is 1.91 bits per heavy atom. The number of nitrogens with zero attached hydrogens (tertiary/aromatic N) is 6. The van der Waals surface area contributed by atoms with Crippen LogP contribution in [-0.2, 0) is 10.2 Å². The maximum absolute atomic E-state index is 10.5. The number of aromatic nitrogens is 3. The molecule has 1 amide bonds. The largest absolute Gasteiger partial charge is 0.444 e. The minimum absolute atomic E-state index is 0.159. The van der Waals surface area contributed by atoms with Crippen LogP contribution >= 0.6 is 0 Å². The highest BCUT2D eigenvalue weighted by Crippen LogP contribution is 2.56. The van der Waals surface area contributed by atoms with Crippen molar-refractivity contribution >= 4 is 23.5 Å². The van der Waals surface area contributed by atoms with Gasteiger partial charge in [0.15, 0.2) is 0 Å². The van der Waals surface area contributed by atoms with Gasteiger partial charge in [0, 0.05) is 43.9 Å². The summed E-state index contributed by atoms with van der Waals surface area (Å²) >= 11 is 0. The van der Waals surface area contributed by atoms with Crippen molar-refractivity contribution in [2.75, 3.05) is 36.5 Å². The number of rotatable bonds is 2. The van der Waals surface area contributed by atoms with Gasteiger partial charge in [-0.25, -0.2) is 19.7 Å². The van der Waals surface area contributed by atoms with Gasteiger partial charge in [0.1, 0.15) is 29.4 Å². The van der Waals surface area contributed by atoms with E-state index >= 15 is 0 Å². The number of fused-ring (bicyclic) bond motifs is 2.